The molecule has 0 fully saturated rings. The number of carbonyl (C=O) groups is 1. The van der Waals surface area contributed by atoms with Crippen LogP contribution in [0.25, 0.3) is 0 Å². The Morgan fingerprint density at radius 2 is 2.35 bits per heavy atom. The van der Waals surface area contributed by atoms with Crippen molar-refractivity contribution in [2.24, 2.45) is 0 Å². The number of nitrogens with zero attached hydrogens (tertiary/aromatic N) is 2. The Morgan fingerprint density at radius 1 is 1.53 bits per heavy atom. The van der Waals surface area contributed by atoms with Crippen molar-refractivity contribution in [3.8, 4) is 0 Å². The molecule has 0 saturated heterocycles. The van der Waals surface area contributed by atoms with Gasteiger partial charge in [0.05, 0.1) is 6.04 Å². The Hall–Kier alpha value is -1.47. The quantitative estimate of drug-likeness (QED) is 0.899. The molecule has 7 heteroatoms. The fourth-order valence-electron chi connectivity index (χ4n) is 1.29. The van der Waals surface area contributed by atoms with Gasteiger partial charge in [0, 0.05) is 16.4 Å². The van der Waals surface area contributed by atoms with Gasteiger partial charge in [-0.3, -0.25) is 5.32 Å². The number of hydrogen-bond acceptors (Lipinski definition) is 5. The van der Waals surface area contributed by atoms with E-state index < -0.39 is 0 Å². The highest BCUT2D eigenvalue weighted by Crippen LogP contribution is 2.18. The third kappa shape index (κ3) is 3.24. The van der Waals surface area contributed by atoms with Gasteiger partial charge in [0.25, 0.3) is 0 Å². The fraction of sp³-hybridized carbons (Fsp3) is 0.300. The summed E-state index contributed by atoms with van der Waals surface area (Å²) in [6, 6.07) is 3.68. The molecule has 5 nitrogen and oxygen atoms in total. The molecule has 2 amide bonds. The Balaban J connectivity index is 1.89. The minimum absolute atomic E-state index is 0.0102. The highest BCUT2D eigenvalue weighted by Gasteiger charge is 2.11. The smallest absolute Gasteiger partial charge is 0.321 e. The maximum atomic E-state index is 11.6. The summed E-state index contributed by atoms with van der Waals surface area (Å²) in [5.41, 5.74) is 0. The minimum Gasteiger partial charge on any atom is -0.330 e. The van der Waals surface area contributed by atoms with Crippen LogP contribution in [-0.2, 0) is 0 Å². The van der Waals surface area contributed by atoms with E-state index in [0.717, 1.165) is 4.88 Å². The second-order valence-corrected chi connectivity index (χ2v) is 5.21. The average Bonchev–Trinajstić information content (AvgIpc) is 2.89. The highest BCUT2D eigenvalue weighted by molar-refractivity contribution is 7.10. The van der Waals surface area contributed by atoms with Crippen molar-refractivity contribution >= 4 is 34.0 Å². The van der Waals surface area contributed by atoms with E-state index in [2.05, 4.69) is 20.0 Å². The zero-order chi connectivity index (χ0) is 12.3. The Bertz CT molecular complexity index is 494. The first-order valence-corrected chi connectivity index (χ1v) is 6.71. The number of aromatic nitrogens is 2. The summed E-state index contributed by atoms with van der Waals surface area (Å²) in [7, 11) is 0. The van der Waals surface area contributed by atoms with E-state index in [0.29, 0.717) is 11.0 Å². The lowest BCUT2D eigenvalue weighted by atomic mass is 10.3. The van der Waals surface area contributed by atoms with Crippen LogP contribution < -0.4 is 10.6 Å². The molecule has 0 aliphatic carbocycles. The number of urea groups is 1. The van der Waals surface area contributed by atoms with Gasteiger partial charge in [0.1, 0.15) is 5.82 Å². The number of rotatable bonds is 3. The summed E-state index contributed by atoms with van der Waals surface area (Å²) >= 11 is 2.79. The lowest BCUT2D eigenvalue weighted by molar-refractivity contribution is 0.249. The van der Waals surface area contributed by atoms with Gasteiger partial charge in [-0.15, -0.1) is 11.3 Å². The molecular weight excluding hydrogens is 256 g/mol. The first kappa shape index (κ1) is 12.0. The van der Waals surface area contributed by atoms with E-state index >= 15 is 0 Å². The van der Waals surface area contributed by atoms with E-state index in [-0.39, 0.29) is 12.1 Å². The maximum Gasteiger partial charge on any atom is 0.321 e. The molecule has 0 aromatic carbocycles. The van der Waals surface area contributed by atoms with Gasteiger partial charge in [0.2, 0.25) is 5.13 Å². The Morgan fingerprint density at radius 3 is 2.94 bits per heavy atom. The van der Waals surface area contributed by atoms with Crippen LogP contribution in [0.4, 0.5) is 9.93 Å². The van der Waals surface area contributed by atoms with E-state index in [4.69, 9.17) is 0 Å². The second-order valence-electron chi connectivity index (χ2n) is 3.48. The van der Waals surface area contributed by atoms with Crippen LogP contribution in [0, 0.1) is 6.92 Å². The number of hydrogen-bond donors (Lipinski definition) is 2. The van der Waals surface area contributed by atoms with Crippen molar-refractivity contribution in [1.82, 2.24) is 14.7 Å². The van der Waals surface area contributed by atoms with Crippen LogP contribution >= 0.6 is 22.9 Å². The lowest BCUT2D eigenvalue weighted by Crippen LogP contribution is -2.30. The van der Waals surface area contributed by atoms with E-state index in [1.54, 1.807) is 18.3 Å². The molecule has 2 aromatic heterocycles. The number of amides is 2. The molecule has 2 rings (SSSR count). The van der Waals surface area contributed by atoms with Gasteiger partial charge >= 0.3 is 6.03 Å². The molecule has 0 radical (unpaired) electrons. The standard InChI is InChI=1S/C10H12N4OS2/c1-6(8-4-3-5-16-8)11-9(15)13-10-12-7(2)14-17-10/h3-6H,1-2H3,(H2,11,12,13,14,15). The molecule has 1 unspecified atom stereocenters. The van der Waals surface area contributed by atoms with Gasteiger partial charge in [0.15, 0.2) is 0 Å². The van der Waals surface area contributed by atoms with E-state index in [1.165, 1.54) is 11.5 Å². The minimum atomic E-state index is -0.262. The zero-order valence-corrected chi connectivity index (χ0v) is 11.1. The predicted molar refractivity (Wildman–Crippen MR) is 69.5 cm³/mol. The van der Waals surface area contributed by atoms with E-state index in [1.807, 2.05) is 24.4 Å². The molecule has 0 bridgehead atoms. The summed E-state index contributed by atoms with van der Waals surface area (Å²) in [5, 5.41) is 7.99. The fourth-order valence-corrected chi connectivity index (χ4v) is 2.59. The van der Waals surface area contributed by atoms with Crippen LogP contribution in [-0.4, -0.2) is 15.4 Å². The van der Waals surface area contributed by atoms with Gasteiger partial charge in [-0.2, -0.15) is 4.37 Å². The normalized spacial score (nSPS) is 12.1. The van der Waals surface area contributed by atoms with Crippen molar-refractivity contribution in [2.75, 3.05) is 5.32 Å². The lowest BCUT2D eigenvalue weighted by Gasteiger charge is -2.11. The first-order chi connectivity index (χ1) is 8.15. The first-order valence-electron chi connectivity index (χ1n) is 5.06. The summed E-state index contributed by atoms with van der Waals surface area (Å²) in [4.78, 5) is 16.8. The largest absolute Gasteiger partial charge is 0.330 e. The number of nitrogens with one attached hydrogen (secondary N) is 2. The van der Waals surface area contributed by atoms with Crippen LogP contribution in [0.1, 0.15) is 23.7 Å². The molecule has 1 atom stereocenters. The SMILES string of the molecule is Cc1nsc(NC(=O)NC(C)c2cccs2)n1. The third-order valence-electron chi connectivity index (χ3n) is 2.07. The number of thiophene rings is 1. The van der Waals surface area contributed by atoms with Crippen molar-refractivity contribution < 1.29 is 4.79 Å². The van der Waals surface area contributed by atoms with Gasteiger partial charge < -0.3 is 5.32 Å². The average molecular weight is 268 g/mol. The molecule has 0 aliphatic heterocycles. The van der Waals surface area contributed by atoms with Gasteiger partial charge in [-0.05, 0) is 25.3 Å². The highest BCUT2D eigenvalue weighted by atomic mass is 32.1. The van der Waals surface area contributed by atoms with Crippen molar-refractivity contribution in [1.29, 1.82) is 0 Å². The monoisotopic (exact) mass is 268 g/mol. The molecular formula is C10H12N4OS2. The summed E-state index contributed by atoms with van der Waals surface area (Å²) in [6.07, 6.45) is 0. The maximum absolute atomic E-state index is 11.6. The molecule has 2 heterocycles. The van der Waals surface area contributed by atoms with Crippen molar-refractivity contribution in [3.63, 3.8) is 0 Å². The number of aryl methyl sites for hydroxylation is 1. The van der Waals surface area contributed by atoms with Gasteiger partial charge in [-0.1, -0.05) is 6.07 Å². The zero-order valence-electron chi connectivity index (χ0n) is 9.43. The summed E-state index contributed by atoms with van der Waals surface area (Å²) in [6.45, 7) is 3.73. The number of anilines is 1. The second kappa shape index (κ2) is 5.24. The molecule has 0 saturated carbocycles. The van der Waals surface area contributed by atoms with Crippen LogP contribution in [0.5, 0.6) is 0 Å². The molecule has 2 N–H and O–H groups in total. The van der Waals surface area contributed by atoms with Crippen LogP contribution in [0.2, 0.25) is 0 Å². The molecule has 0 aliphatic rings. The predicted octanol–water partition coefficient (Wildman–Crippen LogP) is 2.79. The van der Waals surface area contributed by atoms with Crippen molar-refractivity contribution in [3.05, 3.63) is 28.2 Å². The molecule has 17 heavy (non-hydrogen) atoms. The summed E-state index contributed by atoms with van der Waals surface area (Å²) < 4.78 is 3.99. The van der Waals surface area contributed by atoms with Crippen LogP contribution in [0.15, 0.2) is 17.5 Å². The number of carbonyl (C=O) groups excluding carboxylic acids is 1. The Labute approximate surface area is 107 Å². The molecule has 0 spiro atoms. The van der Waals surface area contributed by atoms with E-state index in [9.17, 15) is 4.79 Å². The van der Waals surface area contributed by atoms with Crippen LogP contribution in [0.3, 0.4) is 0 Å². The molecule has 90 valence electrons. The molecule has 2 aromatic rings. The summed E-state index contributed by atoms with van der Waals surface area (Å²) in [5.74, 6) is 0.664. The third-order valence-corrected chi connectivity index (χ3v) is 3.84. The van der Waals surface area contributed by atoms with Gasteiger partial charge in [-0.25, -0.2) is 9.78 Å². The topological polar surface area (TPSA) is 66.9 Å². The van der Waals surface area contributed by atoms with Crippen molar-refractivity contribution in [2.45, 2.75) is 19.9 Å². The Kier molecular flexibility index (Phi) is 3.70.